The predicted octanol–water partition coefficient (Wildman–Crippen LogP) is 1.85. The number of aliphatic hydroxyl groups is 1. The number of β-amino-alcohol motifs (C(OH)–C–C–N with tert-alkyl or cyclic N) is 1. The van der Waals surface area contributed by atoms with Gasteiger partial charge in [-0.2, -0.15) is 10.4 Å². The SMILES string of the molecule is N#CCc1ccc(OC[C@@H](O)CN2CCC[C@H]2Cn2cccn2)cc1. The average molecular weight is 340 g/mol. The van der Waals surface area contributed by atoms with Gasteiger partial charge in [-0.15, -0.1) is 0 Å². The van der Waals surface area contributed by atoms with E-state index in [0.717, 1.165) is 37.2 Å². The highest BCUT2D eigenvalue weighted by Gasteiger charge is 2.26. The molecule has 1 aromatic carbocycles. The maximum atomic E-state index is 10.3. The highest BCUT2D eigenvalue weighted by molar-refractivity contribution is 5.28. The van der Waals surface area contributed by atoms with Gasteiger partial charge in [-0.05, 0) is 43.1 Å². The van der Waals surface area contributed by atoms with Crippen LogP contribution in [0.1, 0.15) is 18.4 Å². The van der Waals surface area contributed by atoms with Crippen molar-refractivity contribution in [3.05, 3.63) is 48.3 Å². The van der Waals surface area contributed by atoms with Gasteiger partial charge in [-0.1, -0.05) is 12.1 Å². The van der Waals surface area contributed by atoms with E-state index in [1.54, 1.807) is 6.20 Å². The van der Waals surface area contributed by atoms with Crippen molar-refractivity contribution in [3.63, 3.8) is 0 Å². The number of hydrogen-bond donors (Lipinski definition) is 1. The van der Waals surface area contributed by atoms with E-state index >= 15 is 0 Å². The van der Waals surface area contributed by atoms with Crippen LogP contribution in [0.2, 0.25) is 0 Å². The Balaban J connectivity index is 1.45. The third-order valence-electron chi connectivity index (χ3n) is 4.55. The second-order valence-electron chi connectivity index (χ2n) is 6.46. The van der Waals surface area contributed by atoms with E-state index in [0.29, 0.717) is 19.0 Å². The standard InChI is InChI=1S/C19H24N4O2/c20-9-8-16-4-6-19(7-5-16)25-15-18(24)14-22-11-1-3-17(22)13-23-12-2-10-21-23/h2,4-7,10,12,17-18,24H,1,3,8,11,13-15H2/t17-,18-/m0/s1. The number of likely N-dealkylation sites (tertiary alicyclic amines) is 1. The van der Waals surface area contributed by atoms with Gasteiger partial charge >= 0.3 is 0 Å². The van der Waals surface area contributed by atoms with Gasteiger partial charge in [0.2, 0.25) is 0 Å². The Morgan fingerprint density at radius 1 is 1.36 bits per heavy atom. The van der Waals surface area contributed by atoms with Crippen molar-refractivity contribution < 1.29 is 9.84 Å². The van der Waals surface area contributed by atoms with Crippen LogP contribution in [0.25, 0.3) is 0 Å². The molecule has 132 valence electrons. The lowest BCUT2D eigenvalue weighted by molar-refractivity contribution is 0.0609. The highest BCUT2D eigenvalue weighted by Crippen LogP contribution is 2.19. The van der Waals surface area contributed by atoms with Crippen LogP contribution in [0.3, 0.4) is 0 Å². The summed E-state index contributed by atoms with van der Waals surface area (Å²) in [4.78, 5) is 2.33. The Bertz CT molecular complexity index is 678. The number of benzene rings is 1. The largest absolute Gasteiger partial charge is 0.491 e. The molecule has 1 fully saturated rings. The summed E-state index contributed by atoms with van der Waals surface area (Å²) in [6.07, 6.45) is 5.93. The molecule has 1 saturated heterocycles. The van der Waals surface area contributed by atoms with Crippen molar-refractivity contribution in [2.24, 2.45) is 0 Å². The Hall–Kier alpha value is -2.36. The van der Waals surface area contributed by atoms with E-state index in [4.69, 9.17) is 10.00 Å². The lowest BCUT2D eigenvalue weighted by Gasteiger charge is -2.26. The molecule has 1 aromatic heterocycles. The van der Waals surface area contributed by atoms with Gasteiger partial charge in [0.15, 0.2) is 0 Å². The van der Waals surface area contributed by atoms with Crippen LogP contribution in [0.5, 0.6) is 5.75 Å². The maximum absolute atomic E-state index is 10.3. The van der Waals surface area contributed by atoms with Crippen molar-refractivity contribution in [1.29, 1.82) is 5.26 Å². The monoisotopic (exact) mass is 340 g/mol. The molecule has 25 heavy (non-hydrogen) atoms. The van der Waals surface area contributed by atoms with Crippen LogP contribution in [0.15, 0.2) is 42.7 Å². The molecule has 2 atom stereocenters. The van der Waals surface area contributed by atoms with Gasteiger partial charge in [-0.3, -0.25) is 9.58 Å². The lowest BCUT2D eigenvalue weighted by atomic mass is 10.2. The molecule has 3 rings (SSSR count). The van der Waals surface area contributed by atoms with Crippen LogP contribution in [0.4, 0.5) is 0 Å². The zero-order chi connectivity index (χ0) is 17.5. The van der Waals surface area contributed by atoms with Gasteiger partial charge in [0, 0.05) is 25.0 Å². The van der Waals surface area contributed by atoms with Gasteiger partial charge < -0.3 is 9.84 Å². The number of ether oxygens (including phenoxy) is 1. The summed E-state index contributed by atoms with van der Waals surface area (Å²) in [5.41, 5.74) is 0.967. The lowest BCUT2D eigenvalue weighted by Crippen LogP contribution is -2.40. The molecule has 0 spiro atoms. The van der Waals surface area contributed by atoms with Crippen molar-refractivity contribution in [1.82, 2.24) is 14.7 Å². The van der Waals surface area contributed by atoms with Gasteiger partial charge in [0.25, 0.3) is 0 Å². The maximum Gasteiger partial charge on any atom is 0.119 e. The van der Waals surface area contributed by atoms with E-state index in [9.17, 15) is 5.11 Å². The van der Waals surface area contributed by atoms with E-state index < -0.39 is 6.10 Å². The first-order chi connectivity index (χ1) is 12.2. The summed E-state index contributed by atoms with van der Waals surface area (Å²) in [7, 11) is 0. The Morgan fingerprint density at radius 2 is 2.20 bits per heavy atom. The van der Waals surface area contributed by atoms with E-state index in [1.165, 1.54) is 0 Å². The van der Waals surface area contributed by atoms with Crippen molar-refractivity contribution in [2.45, 2.75) is 38.0 Å². The number of hydrogen-bond acceptors (Lipinski definition) is 5. The van der Waals surface area contributed by atoms with Crippen molar-refractivity contribution >= 4 is 0 Å². The molecule has 2 heterocycles. The highest BCUT2D eigenvalue weighted by atomic mass is 16.5. The Kier molecular flexibility index (Phi) is 6.04. The number of aromatic nitrogens is 2. The third-order valence-corrected chi connectivity index (χ3v) is 4.55. The van der Waals surface area contributed by atoms with Crippen LogP contribution in [-0.2, 0) is 13.0 Å². The molecule has 0 unspecified atom stereocenters. The normalized spacial score (nSPS) is 18.8. The Labute approximate surface area is 148 Å². The summed E-state index contributed by atoms with van der Waals surface area (Å²) in [5, 5.41) is 23.3. The smallest absolute Gasteiger partial charge is 0.119 e. The minimum absolute atomic E-state index is 0.266. The predicted molar refractivity (Wildman–Crippen MR) is 94.1 cm³/mol. The molecule has 0 amide bonds. The average Bonchev–Trinajstić information content (AvgIpc) is 3.28. The molecule has 6 nitrogen and oxygen atoms in total. The minimum atomic E-state index is -0.531. The van der Waals surface area contributed by atoms with E-state index in [1.807, 2.05) is 41.2 Å². The first-order valence-corrected chi connectivity index (χ1v) is 8.73. The summed E-state index contributed by atoms with van der Waals surface area (Å²) >= 11 is 0. The van der Waals surface area contributed by atoms with Crippen molar-refractivity contribution in [3.8, 4) is 11.8 Å². The number of nitrogens with zero attached hydrogens (tertiary/aromatic N) is 4. The zero-order valence-electron chi connectivity index (χ0n) is 14.3. The molecule has 0 saturated carbocycles. The fraction of sp³-hybridized carbons (Fsp3) is 0.474. The number of rotatable bonds is 8. The van der Waals surface area contributed by atoms with Crippen LogP contribution in [-0.4, -0.2) is 51.6 Å². The van der Waals surface area contributed by atoms with Crippen LogP contribution < -0.4 is 4.74 Å². The first kappa shape index (κ1) is 17.5. The second kappa shape index (κ2) is 8.65. The molecule has 6 heteroatoms. The fourth-order valence-electron chi connectivity index (χ4n) is 3.28. The molecule has 0 aliphatic carbocycles. The van der Waals surface area contributed by atoms with Crippen LogP contribution in [0, 0.1) is 11.3 Å². The van der Waals surface area contributed by atoms with E-state index in [2.05, 4.69) is 16.1 Å². The number of aliphatic hydroxyl groups excluding tert-OH is 1. The summed E-state index contributed by atoms with van der Waals surface area (Å²) in [6, 6.07) is 11.9. The van der Waals surface area contributed by atoms with E-state index in [-0.39, 0.29) is 6.61 Å². The summed E-state index contributed by atoms with van der Waals surface area (Å²) in [6.45, 7) is 2.74. The van der Waals surface area contributed by atoms with Crippen LogP contribution >= 0.6 is 0 Å². The third kappa shape index (κ3) is 5.05. The number of nitriles is 1. The van der Waals surface area contributed by atoms with Gasteiger partial charge in [0.05, 0.1) is 19.0 Å². The molecule has 2 aromatic rings. The van der Waals surface area contributed by atoms with Crippen molar-refractivity contribution in [2.75, 3.05) is 19.7 Å². The molecular formula is C19H24N4O2. The summed E-state index contributed by atoms with van der Waals surface area (Å²) in [5.74, 6) is 0.718. The first-order valence-electron chi connectivity index (χ1n) is 8.73. The van der Waals surface area contributed by atoms with Gasteiger partial charge in [0.1, 0.15) is 18.5 Å². The minimum Gasteiger partial charge on any atom is -0.491 e. The quantitative estimate of drug-likeness (QED) is 0.794. The topological polar surface area (TPSA) is 74.3 Å². The fourth-order valence-corrected chi connectivity index (χ4v) is 3.28. The molecule has 1 N–H and O–H groups in total. The summed E-state index contributed by atoms with van der Waals surface area (Å²) < 4.78 is 7.63. The second-order valence-corrected chi connectivity index (χ2v) is 6.46. The molecule has 0 bridgehead atoms. The molecule has 1 aliphatic rings. The van der Waals surface area contributed by atoms with Gasteiger partial charge in [-0.25, -0.2) is 0 Å². The molecular weight excluding hydrogens is 316 g/mol. The molecule has 0 radical (unpaired) electrons. The Morgan fingerprint density at radius 3 is 2.92 bits per heavy atom. The zero-order valence-corrected chi connectivity index (χ0v) is 14.3. The molecule has 1 aliphatic heterocycles.